The molecule has 2 atom stereocenters. The van der Waals surface area contributed by atoms with Crippen LogP contribution in [0.1, 0.15) is 37.8 Å². The summed E-state index contributed by atoms with van der Waals surface area (Å²) in [7, 11) is 0. The van der Waals surface area contributed by atoms with Gasteiger partial charge in [0.1, 0.15) is 0 Å². The molecule has 0 saturated carbocycles. The lowest BCUT2D eigenvalue weighted by Gasteiger charge is -2.14. The number of benzene rings is 1. The molecule has 0 aliphatic rings. The summed E-state index contributed by atoms with van der Waals surface area (Å²) < 4.78 is 0. The normalized spacial score (nSPS) is 13.4. The number of carbonyl (C=O) groups is 1. The summed E-state index contributed by atoms with van der Waals surface area (Å²) in [5, 5.41) is 2.85. The Morgan fingerprint density at radius 3 is 2.72 bits per heavy atom. The van der Waals surface area contributed by atoms with Crippen molar-refractivity contribution in [2.75, 3.05) is 0 Å². The summed E-state index contributed by atoms with van der Waals surface area (Å²) in [4.78, 5) is 11.6. The molecule has 0 spiro atoms. The molecule has 0 aliphatic heterocycles. The van der Waals surface area contributed by atoms with Crippen LogP contribution in [0.4, 0.5) is 0 Å². The number of carbonyl (C=O) groups excluding carboxylic acids is 1. The van der Waals surface area contributed by atoms with Gasteiger partial charge in [-0.3, -0.25) is 4.79 Å². The lowest BCUT2D eigenvalue weighted by atomic mass is 10.0. The van der Waals surface area contributed by atoms with Crippen LogP contribution in [0, 0.1) is 12.3 Å². The lowest BCUT2D eigenvalue weighted by Crippen LogP contribution is -2.32. The summed E-state index contributed by atoms with van der Waals surface area (Å²) in [6, 6.07) is 9.72. The van der Waals surface area contributed by atoms with Gasteiger partial charge in [-0.05, 0) is 18.9 Å². The van der Waals surface area contributed by atoms with Crippen molar-refractivity contribution in [2.24, 2.45) is 5.73 Å². The second kappa shape index (κ2) is 7.52. The summed E-state index contributed by atoms with van der Waals surface area (Å²) in [5.74, 6) is 2.53. The molecule has 0 aromatic heterocycles. The maximum Gasteiger partial charge on any atom is 0.220 e. The zero-order chi connectivity index (χ0) is 13.4. The van der Waals surface area contributed by atoms with Gasteiger partial charge in [0.05, 0.1) is 0 Å². The van der Waals surface area contributed by atoms with E-state index in [9.17, 15) is 4.79 Å². The van der Waals surface area contributed by atoms with Crippen molar-refractivity contribution < 1.29 is 4.79 Å². The molecule has 0 radical (unpaired) electrons. The third-order valence-electron chi connectivity index (χ3n) is 2.74. The van der Waals surface area contributed by atoms with Gasteiger partial charge in [0.15, 0.2) is 0 Å². The summed E-state index contributed by atoms with van der Waals surface area (Å²) >= 11 is 0. The molecular weight excluding hydrogens is 224 g/mol. The Morgan fingerprint density at radius 2 is 2.11 bits per heavy atom. The number of amides is 1. The Bertz CT molecular complexity index is 408. The Morgan fingerprint density at radius 1 is 1.44 bits per heavy atom. The van der Waals surface area contributed by atoms with Gasteiger partial charge in [0.25, 0.3) is 0 Å². The van der Waals surface area contributed by atoms with E-state index in [1.165, 1.54) is 0 Å². The summed E-state index contributed by atoms with van der Waals surface area (Å²) in [6.07, 6.45) is 6.79. The number of hydrogen-bond acceptors (Lipinski definition) is 2. The SMILES string of the molecule is C#CCC(C)NC(=O)CCC(N)c1ccccc1. The first-order valence-electron chi connectivity index (χ1n) is 6.17. The van der Waals surface area contributed by atoms with Crippen molar-refractivity contribution in [2.45, 2.75) is 38.3 Å². The van der Waals surface area contributed by atoms with Gasteiger partial charge in [0.2, 0.25) is 5.91 Å². The zero-order valence-corrected chi connectivity index (χ0v) is 10.7. The quantitative estimate of drug-likeness (QED) is 0.752. The zero-order valence-electron chi connectivity index (χ0n) is 10.7. The van der Waals surface area contributed by atoms with Crippen LogP contribution >= 0.6 is 0 Å². The van der Waals surface area contributed by atoms with Crippen LogP contribution in [0.5, 0.6) is 0 Å². The van der Waals surface area contributed by atoms with Crippen molar-refractivity contribution in [1.82, 2.24) is 5.32 Å². The van der Waals surface area contributed by atoms with Crippen LogP contribution < -0.4 is 11.1 Å². The number of rotatable bonds is 6. The highest BCUT2D eigenvalue weighted by Gasteiger charge is 2.10. The van der Waals surface area contributed by atoms with E-state index >= 15 is 0 Å². The van der Waals surface area contributed by atoms with Crippen molar-refractivity contribution in [3.8, 4) is 12.3 Å². The third kappa shape index (κ3) is 5.03. The second-order valence-corrected chi connectivity index (χ2v) is 4.43. The highest BCUT2D eigenvalue weighted by Crippen LogP contribution is 2.14. The molecule has 0 fully saturated rings. The predicted octanol–water partition coefficient (Wildman–Crippen LogP) is 1.99. The molecule has 3 heteroatoms. The van der Waals surface area contributed by atoms with E-state index in [2.05, 4.69) is 11.2 Å². The van der Waals surface area contributed by atoms with E-state index in [1.54, 1.807) is 0 Å². The van der Waals surface area contributed by atoms with Crippen LogP contribution in [0.3, 0.4) is 0 Å². The van der Waals surface area contributed by atoms with Gasteiger partial charge in [-0.2, -0.15) is 0 Å². The van der Waals surface area contributed by atoms with Gasteiger partial charge in [0, 0.05) is 24.9 Å². The minimum absolute atomic E-state index is 0.00383. The average molecular weight is 244 g/mol. The molecule has 1 aromatic rings. The van der Waals surface area contributed by atoms with E-state index < -0.39 is 0 Å². The molecule has 0 bridgehead atoms. The molecule has 18 heavy (non-hydrogen) atoms. The number of hydrogen-bond donors (Lipinski definition) is 2. The fourth-order valence-electron chi connectivity index (χ4n) is 1.73. The largest absolute Gasteiger partial charge is 0.353 e. The van der Waals surface area contributed by atoms with Gasteiger partial charge < -0.3 is 11.1 Å². The Labute approximate surface area is 109 Å². The first-order chi connectivity index (χ1) is 8.63. The lowest BCUT2D eigenvalue weighted by molar-refractivity contribution is -0.121. The monoisotopic (exact) mass is 244 g/mol. The van der Waals surface area contributed by atoms with Crippen LogP contribution in [0.15, 0.2) is 30.3 Å². The summed E-state index contributed by atoms with van der Waals surface area (Å²) in [5.41, 5.74) is 7.08. The second-order valence-electron chi connectivity index (χ2n) is 4.43. The average Bonchev–Trinajstić information content (AvgIpc) is 2.37. The minimum Gasteiger partial charge on any atom is -0.353 e. The van der Waals surface area contributed by atoms with E-state index in [1.807, 2.05) is 37.3 Å². The Hall–Kier alpha value is -1.79. The predicted molar refractivity (Wildman–Crippen MR) is 73.7 cm³/mol. The molecule has 0 heterocycles. The van der Waals surface area contributed by atoms with Gasteiger partial charge in [-0.15, -0.1) is 12.3 Å². The van der Waals surface area contributed by atoms with Crippen molar-refractivity contribution >= 4 is 5.91 Å². The molecule has 1 rings (SSSR count). The Balaban J connectivity index is 2.33. The molecular formula is C15H20N2O. The molecule has 96 valence electrons. The highest BCUT2D eigenvalue weighted by molar-refractivity contribution is 5.76. The van der Waals surface area contributed by atoms with Crippen LogP contribution in [-0.2, 0) is 4.79 Å². The van der Waals surface area contributed by atoms with Gasteiger partial charge in [-0.1, -0.05) is 30.3 Å². The number of nitrogens with one attached hydrogen (secondary N) is 1. The van der Waals surface area contributed by atoms with Crippen LogP contribution in [-0.4, -0.2) is 11.9 Å². The molecule has 1 amide bonds. The maximum atomic E-state index is 11.6. The molecule has 3 N–H and O–H groups in total. The first kappa shape index (κ1) is 14.3. The smallest absolute Gasteiger partial charge is 0.220 e. The van der Waals surface area contributed by atoms with Crippen LogP contribution in [0.25, 0.3) is 0 Å². The van der Waals surface area contributed by atoms with Crippen molar-refractivity contribution in [1.29, 1.82) is 0 Å². The molecule has 0 saturated heterocycles. The van der Waals surface area contributed by atoms with E-state index in [0.29, 0.717) is 19.3 Å². The Kier molecular flexibility index (Phi) is 5.96. The molecule has 1 aromatic carbocycles. The van der Waals surface area contributed by atoms with Gasteiger partial charge >= 0.3 is 0 Å². The minimum atomic E-state index is -0.0973. The van der Waals surface area contributed by atoms with E-state index in [-0.39, 0.29) is 18.0 Å². The standard InChI is InChI=1S/C15H20N2O/c1-3-7-12(2)17-15(18)11-10-14(16)13-8-5-4-6-9-13/h1,4-6,8-9,12,14H,7,10-11,16H2,2H3,(H,17,18). The number of terminal acetylenes is 1. The first-order valence-corrected chi connectivity index (χ1v) is 6.17. The summed E-state index contributed by atoms with van der Waals surface area (Å²) in [6.45, 7) is 1.90. The van der Waals surface area contributed by atoms with Crippen molar-refractivity contribution in [3.63, 3.8) is 0 Å². The van der Waals surface area contributed by atoms with E-state index in [4.69, 9.17) is 12.2 Å². The fourth-order valence-corrected chi connectivity index (χ4v) is 1.73. The fraction of sp³-hybridized carbons (Fsp3) is 0.400. The van der Waals surface area contributed by atoms with Crippen molar-refractivity contribution in [3.05, 3.63) is 35.9 Å². The molecule has 2 unspecified atom stereocenters. The van der Waals surface area contributed by atoms with Crippen LogP contribution in [0.2, 0.25) is 0 Å². The van der Waals surface area contributed by atoms with E-state index in [0.717, 1.165) is 5.56 Å². The highest BCUT2D eigenvalue weighted by atomic mass is 16.1. The number of nitrogens with two attached hydrogens (primary N) is 1. The topological polar surface area (TPSA) is 55.1 Å². The molecule has 0 aliphatic carbocycles. The molecule has 3 nitrogen and oxygen atoms in total. The van der Waals surface area contributed by atoms with Gasteiger partial charge in [-0.25, -0.2) is 0 Å². The maximum absolute atomic E-state index is 11.6. The third-order valence-corrected chi connectivity index (χ3v) is 2.74.